The lowest BCUT2D eigenvalue weighted by Crippen LogP contribution is -2.19. The summed E-state index contributed by atoms with van der Waals surface area (Å²) in [5.74, 6) is 0.813. The van der Waals surface area contributed by atoms with Gasteiger partial charge in [0, 0.05) is 0 Å². The van der Waals surface area contributed by atoms with E-state index in [1.807, 2.05) is 69.3 Å². The predicted octanol–water partition coefficient (Wildman–Crippen LogP) is 6.83. The van der Waals surface area contributed by atoms with Crippen molar-refractivity contribution in [2.45, 2.75) is 27.4 Å². The largest absolute Gasteiger partial charge is 0.490 e. The SMILES string of the molecule is CCOc1cc(/C=C2/SC(=Nc3ccc(C)cc3)NC2=O)cc(Cl)c1OCc1cccc(C)c1. The third-order valence-corrected chi connectivity index (χ3v) is 6.20. The number of nitrogens with zero attached hydrogens (tertiary/aromatic N) is 1. The third-order valence-electron chi connectivity index (χ3n) is 5.01. The van der Waals surface area contributed by atoms with Crippen molar-refractivity contribution < 1.29 is 14.3 Å². The molecule has 3 aromatic rings. The molecule has 0 atom stereocenters. The van der Waals surface area contributed by atoms with Crippen LogP contribution in [0.5, 0.6) is 11.5 Å². The highest BCUT2D eigenvalue weighted by atomic mass is 35.5. The molecule has 0 saturated carbocycles. The smallest absolute Gasteiger partial charge is 0.264 e. The van der Waals surface area contributed by atoms with E-state index in [4.69, 9.17) is 21.1 Å². The quantitative estimate of drug-likeness (QED) is 0.367. The van der Waals surface area contributed by atoms with Gasteiger partial charge in [-0.15, -0.1) is 0 Å². The van der Waals surface area contributed by atoms with E-state index in [9.17, 15) is 4.79 Å². The van der Waals surface area contributed by atoms with Gasteiger partial charge in [-0.2, -0.15) is 0 Å². The molecule has 1 aliphatic rings. The number of benzene rings is 3. The minimum atomic E-state index is -0.204. The molecule has 5 nitrogen and oxygen atoms in total. The summed E-state index contributed by atoms with van der Waals surface area (Å²) >= 11 is 7.86. The van der Waals surface area contributed by atoms with Gasteiger partial charge in [-0.1, -0.05) is 59.1 Å². The Kier molecular flexibility index (Phi) is 7.60. The highest BCUT2D eigenvalue weighted by molar-refractivity contribution is 8.18. The Morgan fingerprint density at radius 2 is 1.82 bits per heavy atom. The number of amidine groups is 1. The maximum Gasteiger partial charge on any atom is 0.264 e. The molecule has 4 rings (SSSR count). The van der Waals surface area contributed by atoms with Crippen LogP contribution in [-0.2, 0) is 11.4 Å². The summed E-state index contributed by atoms with van der Waals surface area (Å²) < 4.78 is 11.8. The molecule has 0 aromatic heterocycles. The van der Waals surface area contributed by atoms with Crippen molar-refractivity contribution in [1.82, 2.24) is 5.32 Å². The van der Waals surface area contributed by atoms with Gasteiger partial charge in [-0.05, 0) is 74.0 Å². The van der Waals surface area contributed by atoms with Crippen LogP contribution in [0, 0.1) is 13.8 Å². The first-order chi connectivity index (χ1) is 16.4. The minimum absolute atomic E-state index is 0.204. The lowest BCUT2D eigenvalue weighted by Gasteiger charge is -2.15. The fraction of sp³-hybridized carbons (Fsp3) is 0.185. The Hall–Kier alpha value is -3.22. The molecule has 0 bridgehead atoms. The van der Waals surface area contributed by atoms with E-state index < -0.39 is 0 Å². The van der Waals surface area contributed by atoms with Gasteiger partial charge in [0.1, 0.15) is 6.61 Å². The second-order valence-electron chi connectivity index (χ2n) is 7.86. The molecular weight excluding hydrogens is 468 g/mol. The van der Waals surface area contributed by atoms with E-state index in [0.717, 1.165) is 27.9 Å². The van der Waals surface area contributed by atoms with E-state index in [2.05, 4.69) is 16.4 Å². The molecule has 34 heavy (non-hydrogen) atoms. The molecule has 1 amide bonds. The summed E-state index contributed by atoms with van der Waals surface area (Å²) in [5.41, 5.74) is 4.89. The Bertz CT molecular complexity index is 1270. The highest BCUT2D eigenvalue weighted by Crippen LogP contribution is 2.39. The van der Waals surface area contributed by atoms with Gasteiger partial charge in [0.15, 0.2) is 16.7 Å². The summed E-state index contributed by atoms with van der Waals surface area (Å²) in [6.45, 7) is 6.79. The van der Waals surface area contributed by atoms with E-state index in [0.29, 0.717) is 39.8 Å². The van der Waals surface area contributed by atoms with Crippen molar-refractivity contribution in [2.24, 2.45) is 4.99 Å². The topological polar surface area (TPSA) is 59.9 Å². The number of hydrogen-bond acceptors (Lipinski definition) is 5. The van der Waals surface area contributed by atoms with Crippen LogP contribution in [0.3, 0.4) is 0 Å². The van der Waals surface area contributed by atoms with Crippen molar-refractivity contribution in [3.05, 3.63) is 92.8 Å². The van der Waals surface area contributed by atoms with E-state index >= 15 is 0 Å². The summed E-state index contributed by atoms with van der Waals surface area (Å²) in [4.78, 5) is 17.6. The molecule has 0 spiro atoms. The number of halogens is 1. The lowest BCUT2D eigenvalue weighted by atomic mass is 10.1. The zero-order valence-electron chi connectivity index (χ0n) is 19.2. The van der Waals surface area contributed by atoms with Crippen molar-refractivity contribution >= 4 is 46.2 Å². The highest BCUT2D eigenvalue weighted by Gasteiger charge is 2.24. The molecule has 1 N–H and O–H groups in total. The molecule has 7 heteroatoms. The van der Waals surface area contributed by atoms with Crippen molar-refractivity contribution in [2.75, 3.05) is 6.61 Å². The summed E-state index contributed by atoms with van der Waals surface area (Å²) in [5, 5.41) is 3.77. The van der Waals surface area contributed by atoms with Gasteiger partial charge in [0.05, 0.1) is 22.2 Å². The minimum Gasteiger partial charge on any atom is -0.490 e. The van der Waals surface area contributed by atoms with Gasteiger partial charge in [-0.3, -0.25) is 4.79 Å². The molecule has 0 aliphatic carbocycles. The predicted molar refractivity (Wildman–Crippen MR) is 140 cm³/mol. The van der Waals surface area contributed by atoms with Crippen LogP contribution < -0.4 is 14.8 Å². The monoisotopic (exact) mass is 492 g/mol. The summed E-state index contributed by atoms with van der Waals surface area (Å²) in [6, 6.07) is 19.5. The van der Waals surface area contributed by atoms with Crippen LogP contribution in [0.4, 0.5) is 5.69 Å². The molecule has 3 aromatic carbocycles. The number of amides is 1. The number of thioether (sulfide) groups is 1. The standard InChI is InChI=1S/C27H25ClN2O3S/c1-4-32-23-14-20(13-22(28)25(23)33-16-19-7-5-6-18(3)12-19)15-24-26(31)30-27(34-24)29-21-10-8-17(2)9-11-21/h5-15H,4,16H2,1-3H3,(H,29,30,31)/b24-15+. The number of carbonyl (C=O) groups is 1. The molecule has 1 aliphatic heterocycles. The molecule has 0 radical (unpaired) electrons. The van der Waals surface area contributed by atoms with Crippen LogP contribution in [0.1, 0.15) is 29.2 Å². The lowest BCUT2D eigenvalue weighted by molar-refractivity contribution is -0.115. The molecule has 0 unspecified atom stereocenters. The van der Waals surface area contributed by atoms with Crippen LogP contribution in [0.25, 0.3) is 6.08 Å². The normalized spacial score (nSPS) is 15.6. The average molecular weight is 493 g/mol. The van der Waals surface area contributed by atoms with Crippen LogP contribution in [0.2, 0.25) is 5.02 Å². The fourth-order valence-electron chi connectivity index (χ4n) is 3.40. The Morgan fingerprint density at radius 1 is 1.03 bits per heavy atom. The Morgan fingerprint density at radius 3 is 2.56 bits per heavy atom. The van der Waals surface area contributed by atoms with Gasteiger partial charge < -0.3 is 14.8 Å². The first-order valence-electron chi connectivity index (χ1n) is 10.9. The van der Waals surface area contributed by atoms with E-state index in [1.54, 1.807) is 12.1 Å². The van der Waals surface area contributed by atoms with Gasteiger partial charge in [-0.25, -0.2) is 4.99 Å². The number of rotatable bonds is 7. The molecule has 1 saturated heterocycles. The van der Waals surface area contributed by atoms with Gasteiger partial charge in [0.25, 0.3) is 5.91 Å². The van der Waals surface area contributed by atoms with Crippen LogP contribution in [-0.4, -0.2) is 17.7 Å². The summed E-state index contributed by atoms with van der Waals surface area (Å²) in [7, 11) is 0. The zero-order valence-corrected chi connectivity index (χ0v) is 20.8. The number of nitrogens with one attached hydrogen (secondary N) is 1. The number of aliphatic imine (C=N–C) groups is 1. The van der Waals surface area contributed by atoms with Crippen molar-refractivity contribution in [3.63, 3.8) is 0 Å². The first-order valence-corrected chi connectivity index (χ1v) is 12.1. The Balaban J connectivity index is 1.55. The van der Waals surface area contributed by atoms with Crippen molar-refractivity contribution in [1.29, 1.82) is 0 Å². The number of ether oxygens (including phenoxy) is 2. The Labute approximate surface area is 208 Å². The van der Waals surface area contributed by atoms with Crippen LogP contribution in [0.15, 0.2) is 70.6 Å². The number of aryl methyl sites for hydroxylation is 2. The maximum atomic E-state index is 12.5. The third kappa shape index (κ3) is 6.01. The van der Waals surface area contributed by atoms with E-state index in [-0.39, 0.29) is 5.91 Å². The average Bonchev–Trinajstić information content (AvgIpc) is 3.13. The molecular formula is C27H25ClN2O3S. The van der Waals surface area contributed by atoms with Gasteiger partial charge >= 0.3 is 0 Å². The second kappa shape index (κ2) is 10.8. The zero-order chi connectivity index (χ0) is 24.1. The van der Waals surface area contributed by atoms with E-state index in [1.165, 1.54) is 11.8 Å². The molecule has 1 fully saturated rings. The summed E-state index contributed by atoms with van der Waals surface area (Å²) in [6.07, 6.45) is 1.77. The van der Waals surface area contributed by atoms with Crippen LogP contribution >= 0.6 is 23.4 Å². The molecule has 174 valence electrons. The van der Waals surface area contributed by atoms with Gasteiger partial charge in [0.2, 0.25) is 0 Å². The molecule has 1 heterocycles. The van der Waals surface area contributed by atoms with Crippen molar-refractivity contribution in [3.8, 4) is 11.5 Å². The first kappa shape index (κ1) is 23.9. The number of hydrogen-bond donors (Lipinski definition) is 1. The maximum absolute atomic E-state index is 12.5. The number of carbonyl (C=O) groups excluding carboxylic acids is 1. The second-order valence-corrected chi connectivity index (χ2v) is 9.30. The fourth-order valence-corrected chi connectivity index (χ4v) is 4.52.